The van der Waals surface area contributed by atoms with Gasteiger partial charge in [-0.1, -0.05) is 84.0 Å². The summed E-state index contributed by atoms with van der Waals surface area (Å²) < 4.78 is 10.7. The molecule has 2 N–H and O–H groups in total. The zero-order valence-corrected chi connectivity index (χ0v) is 18.9. The molecule has 0 unspecified atom stereocenters. The Morgan fingerprint density at radius 3 is 2.17 bits per heavy atom. The first-order valence-electron chi connectivity index (χ1n) is 11.4. The molecule has 5 rings (SSSR count). The first kappa shape index (κ1) is 22.4. The topological polar surface area (TPSA) is 102 Å². The molecule has 176 valence electrons. The van der Waals surface area contributed by atoms with Crippen LogP contribution in [-0.4, -0.2) is 28.9 Å². The molecule has 0 saturated heterocycles. The fraction of sp³-hybridized carbons (Fsp3) is 0.179. The molecule has 0 aliphatic heterocycles. The number of nitrogens with zero attached hydrogens (tertiary/aromatic N) is 1. The van der Waals surface area contributed by atoms with E-state index in [1.807, 2.05) is 78.9 Å². The van der Waals surface area contributed by atoms with Gasteiger partial charge < -0.3 is 14.4 Å². The van der Waals surface area contributed by atoms with Gasteiger partial charge in [-0.05, 0) is 35.1 Å². The number of benzene rings is 3. The molecular weight excluding hydrogens is 444 g/mol. The Kier molecular flexibility index (Phi) is 6.06. The predicted octanol–water partition coefficient (Wildman–Crippen LogP) is 5.92. The zero-order chi connectivity index (χ0) is 24.3. The van der Waals surface area contributed by atoms with E-state index in [4.69, 9.17) is 9.26 Å². The summed E-state index contributed by atoms with van der Waals surface area (Å²) in [5.74, 6) is -0.324. The van der Waals surface area contributed by atoms with Crippen molar-refractivity contribution >= 4 is 17.7 Å². The third-order valence-corrected chi connectivity index (χ3v) is 6.35. The van der Waals surface area contributed by atoms with Crippen molar-refractivity contribution in [1.29, 1.82) is 0 Å². The molecule has 1 fully saturated rings. The van der Waals surface area contributed by atoms with Gasteiger partial charge in [0.05, 0.1) is 18.2 Å². The van der Waals surface area contributed by atoms with Crippen molar-refractivity contribution in [3.05, 3.63) is 96.2 Å². The van der Waals surface area contributed by atoms with Crippen LogP contribution in [0.4, 0.5) is 10.5 Å². The van der Waals surface area contributed by atoms with Crippen molar-refractivity contribution in [1.82, 2.24) is 5.16 Å². The molecule has 1 amide bonds. The number of carboxylic acid groups (broad SMARTS) is 1. The largest absolute Gasteiger partial charge is 0.481 e. The molecule has 4 aromatic rings. The Labute approximate surface area is 202 Å². The van der Waals surface area contributed by atoms with Gasteiger partial charge >= 0.3 is 12.1 Å². The summed E-state index contributed by atoms with van der Waals surface area (Å²) in [5.41, 5.74) is 4.38. The summed E-state index contributed by atoms with van der Waals surface area (Å²) in [5, 5.41) is 16.0. The van der Waals surface area contributed by atoms with Crippen LogP contribution >= 0.6 is 0 Å². The van der Waals surface area contributed by atoms with Crippen LogP contribution in [0.1, 0.15) is 24.0 Å². The second kappa shape index (κ2) is 9.46. The van der Waals surface area contributed by atoms with E-state index in [1.165, 1.54) is 6.20 Å². The Morgan fingerprint density at radius 1 is 0.914 bits per heavy atom. The maximum absolute atomic E-state index is 12.2. The Hall–Kier alpha value is -4.39. The molecule has 3 aromatic carbocycles. The number of carboxylic acids is 1. The van der Waals surface area contributed by atoms with Gasteiger partial charge in [-0.2, -0.15) is 0 Å². The van der Waals surface area contributed by atoms with Gasteiger partial charge in [-0.3, -0.25) is 10.1 Å². The van der Waals surface area contributed by atoms with E-state index < -0.39 is 17.5 Å². The van der Waals surface area contributed by atoms with Gasteiger partial charge in [0.2, 0.25) is 0 Å². The number of rotatable bonds is 8. The molecule has 1 aliphatic rings. The zero-order valence-electron chi connectivity index (χ0n) is 18.9. The van der Waals surface area contributed by atoms with Gasteiger partial charge in [0.25, 0.3) is 0 Å². The summed E-state index contributed by atoms with van der Waals surface area (Å²) in [6.45, 7) is 0.261. The van der Waals surface area contributed by atoms with Gasteiger partial charge in [0.15, 0.2) is 5.76 Å². The average Bonchev–Trinajstić information content (AvgIpc) is 3.58. The van der Waals surface area contributed by atoms with Crippen LogP contribution in [0, 0.1) is 0 Å². The number of hydrogen-bond acceptors (Lipinski definition) is 5. The summed E-state index contributed by atoms with van der Waals surface area (Å²) >= 11 is 0. The highest BCUT2D eigenvalue weighted by Crippen LogP contribution is 2.48. The van der Waals surface area contributed by atoms with Crippen molar-refractivity contribution in [3.8, 4) is 22.5 Å². The number of carbonyl (C=O) groups excluding carboxylic acids is 1. The number of nitrogens with one attached hydrogen (secondary N) is 1. The number of aliphatic carboxylic acids is 1. The molecule has 0 spiro atoms. The van der Waals surface area contributed by atoms with Gasteiger partial charge in [-0.25, -0.2) is 4.79 Å². The minimum absolute atomic E-state index is 0.261. The number of hydrogen-bond donors (Lipinski definition) is 2. The monoisotopic (exact) mass is 468 g/mol. The molecular formula is C28H24N2O5. The Bertz CT molecular complexity index is 1320. The number of aromatic nitrogens is 1. The number of carbonyl (C=O) groups is 2. The van der Waals surface area contributed by atoms with E-state index in [9.17, 15) is 14.7 Å². The summed E-state index contributed by atoms with van der Waals surface area (Å²) in [6, 6.07) is 25.1. The van der Waals surface area contributed by atoms with E-state index in [2.05, 4.69) is 10.5 Å². The van der Waals surface area contributed by atoms with Crippen molar-refractivity contribution in [3.63, 3.8) is 0 Å². The van der Waals surface area contributed by atoms with E-state index in [-0.39, 0.29) is 6.61 Å². The second-order valence-electron chi connectivity index (χ2n) is 8.61. The van der Waals surface area contributed by atoms with E-state index in [1.54, 1.807) is 0 Å². The Balaban J connectivity index is 1.22. The maximum atomic E-state index is 12.2. The molecule has 1 heterocycles. The summed E-state index contributed by atoms with van der Waals surface area (Å²) in [6.07, 6.45) is 2.87. The minimum atomic E-state index is -0.758. The van der Waals surface area contributed by atoms with Crippen LogP contribution in [-0.2, 0) is 21.4 Å². The lowest BCUT2D eigenvalue weighted by molar-refractivity contribution is -0.140. The summed E-state index contributed by atoms with van der Waals surface area (Å²) in [7, 11) is 0. The van der Waals surface area contributed by atoms with Crippen molar-refractivity contribution in [2.45, 2.75) is 24.7 Å². The first-order chi connectivity index (χ1) is 17.0. The molecule has 35 heavy (non-hydrogen) atoms. The van der Waals surface area contributed by atoms with Crippen molar-refractivity contribution < 1.29 is 24.0 Å². The number of ether oxygens (including phenoxy) is 1. The third kappa shape index (κ3) is 4.80. The van der Waals surface area contributed by atoms with Crippen LogP contribution in [0.25, 0.3) is 22.5 Å². The van der Waals surface area contributed by atoms with Crippen molar-refractivity contribution in [2.24, 2.45) is 0 Å². The van der Waals surface area contributed by atoms with Crippen LogP contribution in [0.2, 0.25) is 0 Å². The minimum Gasteiger partial charge on any atom is -0.481 e. The maximum Gasteiger partial charge on any atom is 0.411 e. The molecule has 7 heteroatoms. The highest BCUT2D eigenvalue weighted by molar-refractivity contribution is 5.89. The Morgan fingerprint density at radius 2 is 1.54 bits per heavy atom. The first-order valence-corrected chi connectivity index (χ1v) is 11.4. The van der Waals surface area contributed by atoms with Crippen LogP contribution in [0.15, 0.2) is 89.6 Å². The highest BCUT2D eigenvalue weighted by atomic mass is 16.5. The quantitative estimate of drug-likeness (QED) is 0.333. The highest BCUT2D eigenvalue weighted by Gasteiger charge is 2.51. The standard InChI is InChI=1S/C28H24N2O5/c31-26(32)28(15-16-28)23-12-10-21(11-13-23)20-6-8-22(9-7-20)25-24(18-29-35-25)30-27(33)34-17-14-19-4-2-1-3-5-19/h1-13,18H,14-17H2,(H,30,33)(H,31,32). The molecule has 1 saturated carbocycles. The van der Waals surface area contributed by atoms with E-state index in [0.717, 1.165) is 27.8 Å². The lowest BCUT2D eigenvalue weighted by atomic mass is 9.93. The molecule has 0 radical (unpaired) electrons. The SMILES string of the molecule is O=C(Nc1cnoc1-c1ccc(-c2ccc(C3(C(=O)O)CC3)cc2)cc1)OCCc1ccccc1. The molecule has 0 bridgehead atoms. The molecule has 7 nitrogen and oxygen atoms in total. The van der Waals surface area contributed by atoms with Gasteiger partial charge in [-0.15, -0.1) is 0 Å². The lowest BCUT2D eigenvalue weighted by Gasteiger charge is -2.11. The summed E-state index contributed by atoms with van der Waals surface area (Å²) in [4.78, 5) is 23.8. The number of anilines is 1. The average molecular weight is 469 g/mol. The third-order valence-electron chi connectivity index (χ3n) is 6.35. The second-order valence-corrected chi connectivity index (χ2v) is 8.61. The molecule has 1 aliphatic carbocycles. The fourth-order valence-corrected chi connectivity index (χ4v) is 4.14. The molecule has 1 aromatic heterocycles. The number of amides is 1. The van der Waals surface area contributed by atoms with E-state index in [0.29, 0.717) is 30.7 Å². The van der Waals surface area contributed by atoms with Gasteiger partial charge in [0.1, 0.15) is 5.69 Å². The fourth-order valence-electron chi connectivity index (χ4n) is 4.14. The normalized spacial score (nSPS) is 13.7. The molecule has 0 atom stereocenters. The van der Waals surface area contributed by atoms with Crippen LogP contribution in [0.3, 0.4) is 0 Å². The lowest BCUT2D eigenvalue weighted by Crippen LogP contribution is -2.19. The van der Waals surface area contributed by atoms with E-state index >= 15 is 0 Å². The van der Waals surface area contributed by atoms with Crippen molar-refractivity contribution in [2.75, 3.05) is 11.9 Å². The smallest absolute Gasteiger partial charge is 0.411 e. The van der Waals surface area contributed by atoms with Gasteiger partial charge in [0, 0.05) is 12.0 Å². The van der Waals surface area contributed by atoms with Crippen LogP contribution in [0.5, 0.6) is 0 Å². The van der Waals surface area contributed by atoms with Crippen LogP contribution < -0.4 is 5.32 Å². The predicted molar refractivity (Wildman–Crippen MR) is 131 cm³/mol.